The highest BCUT2D eigenvalue weighted by Gasteiger charge is 2.50. The van der Waals surface area contributed by atoms with Crippen LogP contribution in [0.2, 0.25) is 0 Å². The number of para-hydroxylation sites is 2. The van der Waals surface area contributed by atoms with Gasteiger partial charge in [0, 0.05) is 60.0 Å². The predicted molar refractivity (Wildman–Crippen MR) is 362 cm³/mol. The van der Waals surface area contributed by atoms with Gasteiger partial charge in [-0.3, -0.25) is 0 Å². The van der Waals surface area contributed by atoms with Gasteiger partial charge in [-0.05, 0) is 217 Å². The summed E-state index contributed by atoms with van der Waals surface area (Å²) in [6, 6.07) is 56.1. The Hall–Kier alpha value is -6.56. The third kappa shape index (κ3) is 8.15. The maximum atomic E-state index is 2.79. The van der Waals surface area contributed by atoms with E-state index in [-0.39, 0.29) is 44.6 Å². The van der Waals surface area contributed by atoms with Crippen molar-refractivity contribution < 1.29 is 0 Å². The van der Waals surface area contributed by atoms with E-state index >= 15 is 0 Å². The molecule has 1 aromatic heterocycles. The van der Waals surface area contributed by atoms with Crippen LogP contribution in [-0.4, -0.2) is 6.71 Å². The molecule has 5 aliphatic rings. The van der Waals surface area contributed by atoms with Gasteiger partial charge in [0.05, 0.1) is 11.4 Å². The molecular weight excluding hydrogens is 1020 g/mol. The molecule has 0 amide bonds. The van der Waals surface area contributed by atoms with E-state index in [1.807, 2.05) is 11.3 Å². The largest absolute Gasteiger partial charge is 0.311 e. The van der Waals surface area contributed by atoms with Crippen LogP contribution in [0.15, 0.2) is 140 Å². The average Bonchev–Trinajstić information content (AvgIpc) is 1.10. The zero-order valence-electron chi connectivity index (χ0n) is 52.8. The van der Waals surface area contributed by atoms with Crippen LogP contribution in [0.1, 0.15) is 192 Å². The maximum Gasteiger partial charge on any atom is 0.252 e. The number of aryl methyl sites for hydroxylation is 2. The molecule has 3 heterocycles. The van der Waals surface area contributed by atoms with Crippen molar-refractivity contribution in [1.82, 2.24) is 0 Å². The monoisotopic (exact) mass is 1110 g/mol. The van der Waals surface area contributed by atoms with Gasteiger partial charge >= 0.3 is 0 Å². The van der Waals surface area contributed by atoms with Gasteiger partial charge in [0.2, 0.25) is 0 Å². The van der Waals surface area contributed by atoms with Crippen LogP contribution in [0.4, 0.5) is 51.2 Å². The van der Waals surface area contributed by atoms with Gasteiger partial charge in [-0.15, -0.1) is 11.3 Å². The summed E-state index contributed by atoms with van der Waals surface area (Å²) >= 11 is 1.97. The molecule has 8 aromatic carbocycles. The molecule has 0 N–H and O–H groups in total. The fourth-order valence-corrected chi connectivity index (χ4v) is 17.6. The second-order valence-corrected chi connectivity index (χ2v) is 32.1. The molecule has 0 atom stereocenters. The molecule has 3 aliphatic carbocycles. The summed E-state index contributed by atoms with van der Waals surface area (Å²) in [6.07, 6.45) is 6.94. The van der Waals surface area contributed by atoms with Gasteiger partial charge in [0.25, 0.3) is 6.71 Å². The van der Waals surface area contributed by atoms with Crippen molar-refractivity contribution in [3.8, 4) is 0 Å². The molecule has 0 saturated carbocycles. The summed E-state index contributed by atoms with van der Waals surface area (Å²) in [6.45, 7) is 41.8. The summed E-state index contributed by atoms with van der Waals surface area (Å²) in [5, 5.41) is 2.67. The Labute approximate surface area is 501 Å². The van der Waals surface area contributed by atoms with Gasteiger partial charge in [-0.25, -0.2) is 0 Å². The second-order valence-electron chi connectivity index (χ2n) is 31.0. The fraction of sp³-hybridized carbons (Fsp3) is 0.385. The minimum atomic E-state index is -0.0672. The number of benzene rings is 8. The zero-order valence-corrected chi connectivity index (χ0v) is 53.7. The summed E-state index contributed by atoms with van der Waals surface area (Å²) < 4.78 is 2.72. The molecule has 0 bridgehead atoms. The molecule has 0 saturated heterocycles. The summed E-state index contributed by atoms with van der Waals surface area (Å²) in [7, 11) is 0. The number of hydrogen-bond donors (Lipinski definition) is 0. The van der Waals surface area contributed by atoms with Crippen molar-refractivity contribution in [2.45, 2.75) is 194 Å². The molecule has 5 heteroatoms. The maximum absolute atomic E-state index is 2.79. The molecule has 0 fully saturated rings. The van der Waals surface area contributed by atoms with Crippen molar-refractivity contribution in [3.05, 3.63) is 190 Å². The van der Waals surface area contributed by atoms with Crippen LogP contribution in [0, 0.1) is 13.8 Å². The summed E-state index contributed by atoms with van der Waals surface area (Å²) in [5.74, 6) is 0. The molecule has 0 radical (unpaired) electrons. The molecule has 83 heavy (non-hydrogen) atoms. The number of thiophene rings is 1. The minimum Gasteiger partial charge on any atom is -0.311 e. The standard InChI is InChI=1S/C78H86BN3S/c1-47-24-18-21-27-61(47)81(62-28-22-19-25-48(62)2)50-41-66-70-67(42-50)82(63-33-32-53(72(3,4)5)71-69(63)51-26-20-23-29-68(51)83-71)65-46-58-56(76(12,13)37-39-78(58,16)17)44-60(65)79(70)59-43-55-57(77(14,15)38-36-75(55,10)11)45-64(59)80(66)49-30-31-52-54(40-49)74(8,9)35-34-73(52,6)7/h18-33,40-46H,34-39H2,1-17H3. The quantitative estimate of drug-likeness (QED) is 0.159. The number of fused-ring (bicyclic) bond motifs is 10. The first-order chi connectivity index (χ1) is 39.1. The smallest absolute Gasteiger partial charge is 0.252 e. The molecule has 422 valence electrons. The van der Waals surface area contributed by atoms with Crippen molar-refractivity contribution in [2.75, 3.05) is 14.7 Å². The van der Waals surface area contributed by atoms with Crippen molar-refractivity contribution in [2.24, 2.45) is 0 Å². The lowest BCUT2D eigenvalue weighted by Gasteiger charge is -2.49. The lowest BCUT2D eigenvalue weighted by atomic mass is 9.32. The second kappa shape index (κ2) is 18.0. The van der Waals surface area contributed by atoms with Crippen molar-refractivity contribution >= 4 is 106 Å². The van der Waals surface area contributed by atoms with Crippen LogP contribution in [0.3, 0.4) is 0 Å². The Bertz CT molecular complexity index is 4160. The van der Waals surface area contributed by atoms with Gasteiger partial charge in [-0.2, -0.15) is 0 Å². The third-order valence-electron chi connectivity index (χ3n) is 21.6. The Morgan fingerprint density at radius 1 is 0.434 bits per heavy atom. The van der Waals surface area contributed by atoms with Gasteiger partial charge in [-0.1, -0.05) is 183 Å². The molecule has 9 aromatic rings. The number of rotatable bonds is 5. The molecule has 0 spiro atoms. The fourth-order valence-electron chi connectivity index (χ4n) is 16.1. The lowest BCUT2D eigenvalue weighted by molar-refractivity contribution is 0.332. The number of anilines is 9. The van der Waals surface area contributed by atoms with E-state index in [0.29, 0.717) is 0 Å². The van der Waals surface area contributed by atoms with Crippen LogP contribution >= 0.6 is 11.3 Å². The Morgan fingerprint density at radius 2 is 0.880 bits per heavy atom. The first-order valence-electron chi connectivity index (χ1n) is 31.3. The highest BCUT2D eigenvalue weighted by Crippen LogP contribution is 2.57. The number of hydrogen-bond acceptors (Lipinski definition) is 4. The van der Waals surface area contributed by atoms with E-state index < -0.39 is 0 Å². The molecular formula is C78H86BN3S. The van der Waals surface area contributed by atoms with E-state index in [1.165, 1.54) is 139 Å². The summed E-state index contributed by atoms with van der Waals surface area (Å²) in [4.78, 5) is 8.15. The Balaban J connectivity index is 1.20. The van der Waals surface area contributed by atoms with Crippen LogP contribution < -0.4 is 31.1 Å². The van der Waals surface area contributed by atoms with Gasteiger partial charge in [0.15, 0.2) is 0 Å². The third-order valence-corrected chi connectivity index (χ3v) is 22.8. The SMILES string of the molecule is Cc1ccccc1N(c1cc2c3c(c1)N(c1ccc(C(C)(C)C)c4sc5ccccc5c14)c1cc4c(cc1B3c1cc3c(cc1N2c1ccc2c(c1)C(C)(C)CCC2(C)C)C(C)(C)CCC3(C)C)C(C)(C)CCC4(C)C)c1ccccc1C. The van der Waals surface area contributed by atoms with Gasteiger partial charge in [0.1, 0.15) is 0 Å². The van der Waals surface area contributed by atoms with E-state index in [2.05, 4.69) is 272 Å². The highest BCUT2D eigenvalue weighted by atomic mass is 32.1. The predicted octanol–water partition coefficient (Wildman–Crippen LogP) is 20.6. The Morgan fingerprint density at radius 3 is 1.40 bits per heavy atom. The Kier molecular flexibility index (Phi) is 11.8. The minimum absolute atomic E-state index is 0.000435. The van der Waals surface area contributed by atoms with Crippen LogP contribution in [0.25, 0.3) is 20.2 Å². The molecule has 3 nitrogen and oxygen atoms in total. The molecule has 14 rings (SSSR count). The van der Waals surface area contributed by atoms with Gasteiger partial charge < -0.3 is 14.7 Å². The van der Waals surface area contributed by atoms with E-state index in [0.717, 1.165) is 37.8 Å². The topological polar surface area (TPSA) is 9.72 Å². The normalized spacial score (nSPS) is 19.1. The van der Waals surface area contributed by atoms with E-state index in [4.69, 9.17) is 0 Å². The van der Waals surface area contributed by atoms with E-state index in [9.17, 15) is 0 Å². The summed E-state index contributed by atoms with van der Waals surface area (Å²) in [5.41, 5.74) is 28.2. The van der Waals surface area contributed by atoms with Crippen LogP contribution in [-0.2, 0) is 37.9 Å². The highest BCUT2D eigenvalue weighted by molar-refractivity contribution is 7.26. The molecule has 2 aliphatic heterocycles. The average molecular weight is 1110 g/mol. The lowest BCUT2D eigenvalue weighted by Crippen LogP contribution is -2.62. The number of nitrogens with zero attached hydrogens (tertiary/aromatic N) is 3. The first kappa shape index (κ1) is 54.4. The van der Waals surface area contributed by atoms with Crippen molar-refractivity contribution in [1.29, 1.82) is 0 Å². The van der Waals surface area contributed by atoms with Crippen molar-refractivity contribution in [3.63, 3.8) is 0 Å². The molecule has 0 unspecified atom stereocenters. The van der Waals surface area contributed by atoms with Crippen LogP contribution in [0.5, 0.6) is 0 Å². The van der Waals surface area contributed by atoms with E-state index in [1.54, 1.807) is 0 Å². The first-order valence-corrected chi connectivity index (χ1v) is 32.1. The zero-order chi connectivity index (χ0) is 58.5.